The lowest BCUT2D eigenvalue weighted by molar-refractivity contribution is -0.126. The minimum atomic E-state index is 0.259. The van der Waals surface area contributed by atoms with Crippen LogP contribution in [0.25, 0.3) is 0 Å². The van der Waals surface area contributed by atoms with Crippen LogP contribution in [0.15, 0.2) is 24.3 Å². The van der Waals surface area contributed by atoms with Crippen LogP contribution in [-0.4, -0.2) is 25.9 Å². The second-order valence-corrected chi connectivity index (χ2v) is 5.82. The molecule has 2 rings (SSSR count). The maximum absolute atomic E-state index is 5.84. The Hall–Kier alpha value is -1.06. The Morgan fingerprint density at radius 1 is 1.35 bits per heavy atom. The van der Waals surface area contributed by atoms with Crippen molar-refractivity contribution >= 4 is 0 Å². The van der Waals surface area contributed by atoms with E-state index < -0.39 is 0 Å². The molecule has 0 bridgehead atoms. The average molecular weight is 277 g/mol. The van der Waals surface area contributed by atoms with Crippen LogP contribution in [0.1, 0.15) is 39.2 Å². The number of hydrogen-bond donors (Lipinski definition) is 1. The van der Waals surface area contributed by atoms with Gasteiger partial charge in [-0.15, -0.1) is 0 Å². The second-order valence-electron chi connectivity index (χ2n) is 5.82. The van der Waals surface area contributed by atoms with E-state index in [0.717, 1.165) is 31.7 Å². The van der Waals surface area contributed by atoms with Crippen molar-refractivity contribution < 1.29 is 9.47 Å². The fourth-order valence-corrected chi connectivity index (χ4v) is 3.09. The molecular formula is C17H27NO2. The van der Waals surface area contributed by atoms with Crippen molar-refractivity contribution in [1.82, 2.24) is 5.32 Å². The van der Waals surface area contributed by atoms with E-state index in [1.165, 1.54) is 5.56 Å². The summed E-state index contributed by atoms with van der Waals surface area (Å²) in [5, 5.41) is 3.68. The summed E-state index contributed by atoms with van der Waals surface area (Å²) in [6.07, 6.45) is 2.66. The zero-order chi connectivity index (χ0) is 14.6. The SMILES string of the molecule is CCOC1CC(NCc2cccc(OC)c2)C1(C)CC. The van der Waals surface area contributed by atoms with E-state index in [9.17, 15) is 0 Å². The van der Waals surface area contributed by atoms with Crippen molar-refractivity contribution in [3.05, 3.63) is 29.8 Å². The smallest absolute Gasteiger partial charge is 0.119 e. The zero-order valence-electron chi connectivity index (χ0n) is 13.1. The maximum atomic E-state index is 5.84. The molecule has 1 saturated carbocycles. The van der Waals surface area contributed by atoms with Gasteiger partial charge in [0.15, 0.2) is 0 Å². The Balaban J connectivity index is 1.91. The summed E-state index contributed by atoms with van der Waals surface area (Å²) in [6.45, 7) is 8.36. The first-order valence-electron chi connectivity index (χ1n) is 7.62. The first kappa shape index (κ1) is 15.3. The maximum Gasteiger partial charge on any atom is 0.119 e. The monoisotopic (exact) mass is 277 g/mol. The fraction of sp³-hybridized carbons (Fsp3) is 0.647. The standard InChI is InChI=1S/C17H27NO2/c1-5-17(3)15(11-16(17)20-6-2)18-12-13-8-7-9-14(10-13)19-4/h7-10,15-16,18H,5-6,11-12H2,1-4H3. The molecule has 0 heterocycles. The fourth-order valence-electron chi connectivity index (χ4n) is 3.09. The molecule has 112 valence electrons. The molecule has 20 heavy (non-hydrogen) atoms. The van der Waals surface area contributed by atoms with E-state index in [1.54, 1.807) is 7.11 Å². The molecule has 3 atom stereocenters. The molecule has 1 N–H and O–H groups in total. The number of benzene rings is 1. The Morgan fingerprint density at radius 3 is 2.80 bits per heavy atom. The van der Waals surface area contributed by atoms with Crippen LogP contribution in [0.3, 0.4) is 0 Å². The minimum Gasteiger partial charge on any atom is -0.497 e. The molecular weight excluding hydrogens is 250 g/mol. The molecule has 0 radical (unpaired) electrons. The number of rotatable bonds is 7. The molecule has 3 unspecified atom stereocenters. The van der Waals surface area contributed by atoms with Crippen molar-refractivity contribution in [1.29, 1.82) is 0 Å². The Morgan fingerprint density at radius 2 is 2.15 bits per heavy atom. The highest BCUT2D eigenvalue weighted by Crippen LogP contribution is 2.45. The quantitative estimate of drug-likeness (QED) is 0.829. The largest absolute Gasteiger partial charge is 0.497 e. The molecule has 0 saturated heterocycles. The Labute approximate surface area is 122 Å². The molecule has 1 aromatic carbocycles. The summed E-state index contributed by atoms with van der Waals surface area (Å²) in [6, 6.07) is 8.79. The van der Waals surface area contributed by atoms with Gasteiger partial charge in [-0.1, -0.05) is 26.0 Å². The molecule has 0 aromatic heterocycles. The van der Waals surface area contributed by atoms with Crippen LogP contribution < -0.4 is 10.1 Å². The number of ether oxygens (including phenoxy) is 2. The molecule has 3 heteroatoms. The summed E-state index contributed by atoms with van der Waals surface area (Å²) in [5.74, 6) is 0.920. The summed E-state index contributed by atoms with van der Waals surface area (Å²) in [5.41, 5.74) is 1.53. The molecule has 1 aromatic rings. The summed E-state index contributed by atoms with van der Waals surface area (Å²) in [4.78, 5) is 0. The van der Waals surface area contributed by atoms with E-state index >= 15 is 0 Å². The van der Waals surface area contributed by atoms with Gasteiger partial charge >= 0.3 is 0 Å². The van der Waals surface area contributed by atoms with Gasteiger partial charge in [-0.05, 0) is 37.5 Å². The van der Waals surface area contributed by atoms with Crippen molar-refractivity contribution in [2.24, 2.45) is 5.41 Å². The molecule has 3 nitrogen and oxygen atoms in total. The molecule has 0 spiro atoms. The van der Waals surface area contributed by atoms with Crippen LogP contribution in [0.4, 0.5) is 0 Å². The van der Waals surface area contributed by atoms with E-state index in [0.29, 0.717) is 12.1 Å². The minimum absolute atomic E-state index is 0.259. The Kier molecular flexibility index (Phi) is 5.06. The average Bonchev–Trinajstić information content (AvgIpc) is 2.49. The third-order valence-electron chi connectivity index (χ3n) is 4.80. The van der Waals surface area contributed by atoms with Crippen LogP contribution >= 0.6 is 0 Å². The number of methoxy groups -OCH3 is 1. The number of hydrogen-bond acceptors (Lipinski definition) is 3. The van der Waals surface area contributed by atoms with Crippen molar-refractivity contribution in [2.45, 2.75) is 52.3 Å². The molecule has 0 aliphatic heterocycles. The van der Waals surface area contributed by atoms with Gasteiger partial charge in [-0.3, -0.25) is 0 Å². The van der Waals surface area contributed by atoms with Gasteiger partial charge in [0.05, 0.1) is 13.2 Å². The summed E-state index contributed by atoms with van der Waals surface area (Å²) >= 11 is 0. The third-order valence-corrected chi connectivity index (χ3v) is 4.80. The first-order chi connectivity index (χ1) is 9.63. The van der Waals surface area contributed by atoms with Crippen molar-refractivity contribution in [2.75, 3.05) is 13.7 Å². The first-order valence-corrected chi connectivity index (χ1v) is 7.62. The topological polar surface area (TPSA) is 30.5 Å². The van der Waals surface area contributed by atoms with Gasteiger partial charge < -0.3 is 14.8 Å². The molecule has 1 aliphatic rings. The van der Waals surface area contributed by atoms with E-state index in [-0.39, 0.29) is 5.41 Å². The van der Waals surface area contributed by atoms with Gasteiger partial charge in [-0.25, -0.2) is 0 Å². The van der Waals surface area contributed by atoms with E-state index in [1.807, 2.05) is 12.1 Å². The molecule has 1 fully saturated rings. The molecule has 1 aliphatic carbocycles. The Bertz CT molecular complexity index is 435. The predicted molar refractivity (Wildman–Crippen MR) is 82.1 cm³/mol. The zero-order valence-corrected chi connectivity index (χ0v) is 13.1. The van der Waals surface area contributed by atoms with E-state index in [4.69, 9.17) is 9.47 Å². The van der Waals surface area contributed by atoms with Gasteiger partial charge in [0.1, 0.15) is 5.75 Å². The highest BCUT2D eigenvalue weighted by Gasteiger charge is 2.50. The number of nitrogens with one attached hydrogen (secondary N) is 1. The highest BCUT2D eigenvalue weighted by atomic mass is 16.5. The van der Waals surface area contributed by atoms with Crippen molar-refractivity contribution in [3.63, 3.8) is 0 Å². The van der Waals surface area contributed by atoms with Gasteiger partial charge in [-0.2, -0.15) is 0 Å². The molecule has 0 amide bonds. The second kappa shape index (κ2) is 6.59. The van der Waals surface area contributed by atoms with Gasteiger partial charge in [0.2, 0.25) is 0 Å². The highest BCUT2D eigenvalue weighted by molar-refractivity contribution is 5.28. The van der Waals surface area contributed by atoms with Gasteiger partial charge in [0.25, 0.3) is 0 Å². The summed E-state index contributed by atoms with van der Waals surface area (Å²) in [7, 11) is 1.71. The third kappa shape index (κ3) is 2.99. The van der Waals surface area contributed by atoms with Crippen LogP contribution in [0, 0.1) is 5.41 Å². The normalized spacial score (nSPS) is 29.0. The van der Waals surface area contributed by atoms with Crippen LogP contribution in [0.2, 0.25) is 0 Å². The van der Waals surface area contributed by atoms with E-state index in [2.05, 4.69) is 38.2 Å². The summed E-state index contributed by atoms with van der Waals surface area (Å²) < 4.78 is 11.1. The lowest BCUT2D eigenvalue weighted by Crippen LogP contribution is -2.61. The van der Waals surface area contributed by atoms with Crippen molar-refractivity contribution in [3.8, 4) is 5.75 Å². The van der Waals surface area contributed by atoms with Crippen LogP contribution in [0.5, 0.6) is 5.75 Å². The predicted octanol–water partition coefficient (Wildman–Crippen LogP) is 3.38. The van der Waals surface area contributed by atoms with Crippen LogP contribution in [-0.2, 0) is 11.3 Å². The van der Waals surface area contributed by atoms with Gasteiger partial charge in [0, 0.05) is 24.6 Å². The lowest BCUT2D eigenvalue weighted by atomic mass is 9.61. The lowest BCUT2D eigenvalue weighted by Gasteiger charge is -2.53.